The molecular weight excluding hydrogens is 867 g/mol. The molecule has 1 unspecified atom stereocenters. The van der Waals surface area contributed by atoms with Crippen LogP contribution >= 0.6 is 0 Å². The summed E-state index contributed by atoms with van der Waals surface area (Å²) in [6.45, 7) is 5.08. The number of hydrogen-bond donors (Lipinski definition) is 4. The van der Waals surface area contributed by atoms with Crippen molar-refractivity contribution in [1.29, 1.82) is 0 Å². The number of aromatic nitrogens is 2. The summed E-state index contributed by atoms with van der Waals surface area (Å²) < 4.78 is 21.1. The van der Waals surface area contributed by atoms with Crippen LogP contribution in [0.2, 0.25) is 0 Å². The largest absolute Gasteiger partial charge is 0.381 e. The van der Waals surface area contributed by atoms with E-state index in [4.69, 9.17) is 25.7 Å². The summed E-state index contributed by atoms with van der Waals surface area (Å²) in [4.78, 5) is 77.7. The van der Waals surface area contributed by atoms with Gasteiger partial charge in [0, 0.05) is 52.7 Å². The number of nitrogens with two attached hydrogens (primary N) is 2. The predicted octanol–water partition coefficient (Wildman–Crippen LogP) is 4.75. The molecule has 16 nitrogen and oxygen atoms in total. The summed E-state index contributed by atoms with van der Waals surface area (Å²) in [5.41, 5.74) is 19.1. The Bertz CT molecular complexity index is 2460. The molecule has 3 aliphatic heterocycles. The molecule has 6 N–H and O–H groups in total. The first-order chi connectivity index (χ1) is 32.9. The molecule has 0 saturated carbocycles. The van der Waals surface area contributed by atoms with E-state index in [1.807, 2.05) is 55.5 Å². The molecule has 16 heteroatoms. The number of hydrogen-bond acceptors (Lipinski definition) is 10. The Morgan fingerprint density at radius 2 is 1.44 bits per heavy atom. The van der Waals surface area contributed by atoms with Crippen LogP contribution in [0.3, 0.4) is 0 Å². The Morgan fingerprint density at radius 1 is 0.794 bits per heavy atom. The molecule has 68 heavy (non-hydrogen) atoms. The van der Waals surface area contributed by atoms with Crippen LogP contribution < -0.4 is 32.7 Å². The summed E-state index contributed by atoms with van der Waals surface area (Å²) in [5, 5.41) is 5.45. The first-order valence-electron chi connectivity index (χ1n) is 24.6. The number of para-hydroxylation sites is 1. The predicted molar refractivity (Wildman–Crippen MR) is 259 cm³/mol. The number of nitrogens with zero attached hydrogens (tertiary/aromatic N) is 3. The highest BCUT2D eigenvalue weighted by Gasteiger charge is 2.43. The molecule has 3 aliphatic rings. The van der Waals surface area contributed by atoms with Gasteiger partial charge in [-0.15, -0.1) is 0 Å². The number of carbonyl (C=O) groups excluding carboxylic acids is 5. The number of rotatable bonds is 26. The Labute approximate surface area is 398 Å². The van der Waals surface area contributed by atoms with E-state index < -0.39 is 42.1 Å². The van der Waals surface area contributed by atoms with Gasteiger partial charge in [-0.3, -0.25) is 43.3 Å². The lowest BCUT2D eigenvalue weighted by Gasteiger charge is -2.30. The van der Waals surface area contributed by atoms with E-state index in [0.717, 1.165) is 104 Å². The van der Waals surface area contributed by atoms with Crippen molar-refractivity contribution in [3.63, 3.8) is 0 Å². The van der Waals surface area contributed by atoms with Gasteiger partial charge in [-0.2, -0.15) is 0 Å². The van der Waals surface area contributed by atoms with Gasteiger partial charge in [0.1, 0.15) is 12.1 Å². The van der Waals surface area contributed by atoms with Gasteiger partial charge in [-0.25, -0.2) is 4.79 Å². The molecule has 366 valence electrons. The molecular formula is C52H69N7O9. The highest BCUT2D eigenvalue weighted by atomic mass is 16.5. The number of ether oxygens (including phenoxy) is 3. The number of imidazole rings is 1. The van der Waals surface area contributed by atoms with E-state index >= 15 is 0 Å². The van der Waals surface area contributed by atoms with E-state index in [0.29, 0.717) is 57.4 Å². The van der Waals surface area contributed by atoms with E-state index in [9.17, 15) is 28.8 Å². The zero-order valence-electron chi connectivity index (χ0n) is 39.7. The normalized spacial score (nSPS) is 18.9. The molecule has 0 radical (unpaired) electrons. The number of primary amides is 1. The smallest absolute Gasteiger partial charge is 0.329 e. The second kappa shape index (κ2) is 24.0. The van der Waals surface area contributed by atoms with Crippen LogP contribution in [0.4, 0.5) is 5.69 Å². The van der Waals surface area contributed by atoms with Crippen molar-refractivity contribution >= 4 is 46.3 Å². The third kappa shape index (κ3) is 12.7. The van der Waals surface area contributed by atoms with E-state index in [-0.39, 0.29) is 36.3 Å². The van der Waals surface area contributed by atoms with Crippen molar-refractivity contribution in [2.24, 2.45) is 18.5 Å². The summed E-state index contributed by atoms with van der Waals surface area (Å²) in [5.74, 6) is -1.74. The molecule has 4 aromatic rings. The number of fused-ring (bicyclic) bond motifs is 1. The molecule has 0 aliphatic carbocycles. The number of imide groups is 1. The minimum atomic E-state index is -0.731. The lowest BCUT2D eigenvalue weighted by Crippen LogP contribution is -2.55. The zero-order valence-corrected chi connectivity index (χ0v) is 39.7. The zero-order chi connectivity index (χ0) is 48.2. The standard InChI is InChI=1S/C52H69N7O9/c1-34(41(22-25-46(54)60)55-50(63)45-32-39-14-8-13-38-20-21-40(53)51(64)59(45)48(38)39)68-33-37-17-15-35(16-18-37)11-9-29-66-27-6-4-3-5-7-28-67-30-10-12-36-19-23-42-44(31-36)57(2)52(65)58(42)43-24-26-47(61)56-49(43)62/h8,13-19,23,31,34,40-41,43,45H,3-7,9-12,20-22,24-30,32-33,53H2,1-2H3,(H2,54,60)(H,55,63)(H,56,61,62)/t34-,40+,41+,43?,45+/m1/s1. The van der Waals surface area contributed by atoms with E-state index in [2.05, 4.69) is 22.8 Å². The van der Waals surface area contributed by atoms with Gasteiger partial charge in [0.05, 0.1) is 41.5 Å². The number of carbonyl (C=O) groups is 5. The van der Waals surface area contributed by atoms with Gasteiger partial charge in [-0.05, 0) is 111 Å². The van der Waals surface area contributed by atoms with Gasteiger partial charge in [0.25, 0.3) is 0 Å². The highest BCUT2D eigenvalue weighted by Crippen LogP contribution is 2.39. The Hall–Kier alpha value is -5.68. The van der Waals surface area contributed by atoms with Crippen LogP contribution in [0.25, 0.3) is 11.0 Å². The summed E-state index contributed by atoms with van der Waals surface area (Å²) in [7, 11) is 1.71. The van der Waals surface area contributed by atoms with Crippen LogP contribution in [0, 0.1) is 0 Å². The average molecular weight is 936 g/mol. The maximum absolute atomic E-state index is 13.8. The van der Waals surface area contributed by atoms with Gasteiger partial charge in [-0.1, -0.05) is 67.8 Å². The van der Waals surface area contributed by atoms with Crippen molar-refractivity contribution in [2.45, 2.75) is 147 Å². The topological polar surface area (TPSA) is 219 Å². The summed E-state index contributed by atoms with van der Waals surface area (Å²) in [6, 6.07) is 17.5. The number of benzene rings is 3. The summed E-state index contributed by atoms with van der Waals surface area (Å²) >= 11 is 0. The third-order valence-corrected chi connectivity index (χ3v) is 13.6. The van der Waals surface area contributed by atoms with Gasteiger partial charge in [0.2, 0.25) is 29.5 Å². The molecule has 1 aromatic heterocycles. The lowest BCUT2D eigenvalue weighted by molar-refractivity contribution is -0.135. The van der Waals surface area contributed by atoms with Crippen molar-refractivity contribution in [3.05, 3.63) is 99.0 Å². The SMILES string of the molecule is C[C@@H](OCc1ccc(CCCOCCCCCCCOCCCc2ccc3c(c2)n(C)c(=O)n3C2CCC(=O)NC2=O)cc1)[C@H](CCC(N)=O)NC(=O)[C@@H]1Cc2cccc3c2N1C(=O)[C@@H](N)CC3. The van der Waals surface area contributed by atoms with Crippen molar-refractivity contribution in [1.82, 2.24) is 19.8 Å². The Balaban J connectivity index is 0.720. The van der Waals surface area contributed by atoms with E-state index in [1.54, 1.807) is 16.5 Å². The monoisotopic (exact) mass is 936 g/mol. The first-order valence-corrected chi connectivity index (χ1v) is 24.6. The van der Waals surface area contributed by atoms with Crippen LogP contribution in [-0.2, 0) is 77.5 Å². The molecule has 1 fully saturated rings. The quantitative estimate of drug-likeness (QED) is 0.0500. The van der Waals surface area contributed by atoms with Gasteiger partial charge >= 0.3 is 5.69 Å². The minimum absolute atomic E-state index is 0.0857. The fraction of sp³-hybridized carbons (Fsp3) is 0.538. The molecule has 5 atom stereocenters. The maximum Gasteiger partial charge on any atom is 0.329 e. The van der Waals surface area contributed by atoms with E-state index in [1.165, 1.54) is 10.1 Å². The molecule has 5 amide bonds. The number of piperidine rings is 1. The molecule has 7 rings (SSSR count). The Kier molecular flexibility index (Phi) is 17.8. The number of amides is 5. The average Bonchev–Trinajstić information content (AvgIpc) is 3.80. The second-order valence-corrected chi connectivity index (χ2v) is 18.7. The van der Waals surface area contributed by atoms with Crippen LogP contribution in [0.15, 0.2) is 65.5 Å². The third-order valence-electron chi connectivity index (χ3n) is 13.6. The maximum atomic E-state index is 13.8. The second-order valence-electron chi connectivity index (χ2n) is 18.7. The van der Waals surface area contributed by atoms with Gasteiger partial charge < -0.3 is 31.0 Å². The number of unbranched alkanes of at least 4 members (excludes halogenated alkanes) is 4. The summed E-state index contributed by atoms with van der Waals surface area (Å²) in [6.07, 6.45) is 11.1. The van der Waals surface area contributed by atoms with Crippen LogP contribution in [0.5, 0.6) is 0 Å². The number of aryl methyl sites for hydroxylation is 4. The molecule has 0 bridgehead atoms. The Morgan fingerprint density at radius 3 is 2.15 bits per heavy atom. The van der Waals surface area contributed by atoms with Crippen LogP contribution in [0.1, 0.15) is 118 Å². The molecule has 3 aromatic carbocycles. The fourth-order valence-electron chi connectivity index (χ4n) is 9.70. The highest BCUT2D eigenvalue weighted by molar-refractivity contribution is 6.07. The molecule has 0 spiro atoms. The number of nitrogens with one attached hydrogen (secondary N) is 2. The van der Waals surface area contributed by atoms with Crippen molar-refractivity contribution < 1.29 is 38.2 Å². The van der Waals surface area contributed by atoms with Gasteiger partial charge in [0.15, 0.2) is 0 Å². The first kappa shape index (κ1) is 50.2. The lowest BCUT2D eigenvalue weighted by atomic mass is 10.0. The van der Waals surface area contributed by atoms with Crippen LogP contribution in [-0.4, -0.2) is 89.3 Å². The van der Waals surface area contributed by atoms with Crippen molar-refractivity contribution in [3.8, 4) is 0 Å². The fourth-order valence-corrected chi connectivity index (χ4v) is 9.70. The number of anilines is 1. The molecule has 1 saturated heterocycles. The minimum Gasteiger partial charge on any atom is -0.381 e. The molecule has 4 heterocycles. The van der Waals surface area contributed by atoms with Crippen molar-refractivity contribution in [2.75, 3.05) is 31.3 Å².